The minimum Gasteiger partial charge on any atom is -0.355 e. The summed E-state index contributed by atoms with van der Waals surface area (Å²) in [4.78, 5) is 18.2. The van der Waals surface area contributed by atoms with E-state index in [9.17, 15) is 0 Å². The van der Waals surface area contributed by atoms with Crippen molar-refractivity contribution in [3.05, 3.63) is 30.2 Å². The fraction of sp³-hybridized carbons (Fsp3) is 0.474. The van der Waals surface area contributed by atoms with Gasteiger partial charge in [0.05, 0.1) is 6.20 Å². The fourth-order valence-corrected chi connectivity index (χ4v) is 4.01. The van der Waals surface area contributed by atoms with E-state index in [2.05, 4.69) is 31.9 Å². The molecule has 2 aliphatic heterocycles. The molecule has 1 fully saturated rings. The SMILES string of the molecule is CC1(N)CCN(c2cnc3c(N4CCCc5cnccc54)n[nH]c3n2)CC1. The Hall–Kier alpha value is -2.74. The summed E-state index contributed by atoms with van der Waals surface area (Å²) in [6, 6.07) is 2.05. The Bertz CT molecular complexity index is 969. The first-order chi connectivity index (χ1) is 13.1. The first kappa shape index (κ1) is 16.4. The van der Waals surface area contributed by atoms with Crippen LogP contribution in [0.1, 0.15) is 31.7 Å². The van der Waals surface area contributed by atoms with Gasteiger partial charge in [-0.05, 0) is 44.2 Å². The van der Waals surface area contributed by atoms with E-state index in [-0.39, 0.29) is 5.54 Å². The van der Waals surface area contributed by atoms with Crippen LogP contribution in [0, 0.1) is 0 Å². The van der Waals surface area contributed by atoms with Crippen LogP contribution in [0.4, 0.5) is 17.3 Å². The third-order valence-corrected chi connectivity index (χ3v) is 5.72. The van der Waals surface area contributed by atoms with Gasteiger partial charge in [-0.25, -0.2) is 9.97 Å². The molecule has 0 amide bonds. The van der Waals surface area contributed by atoms with Gasteiger partial charge < -0.3 is 15.5 Å². The van der Waals surface area contributed by atoms with Crippen LogP contribution in [0.2, 0.25) is 0 Å². The average molecular weight is 364 g/mol. The van der Waals surface area contributed by atoms with E-state index in [1.165, 1.54) is 5.56 Å². The molecule has 0 unspecified atom stereocenters. The number of hydrogen-bond acceptors (Lipinski definition) is 7. The highest BCUT2D eigenvalue weighted by atomic mass is 15.3. The van der Waals surface area contributed by atoms with Gasteiger partial charge in [-0.2, -0.15) is 5.10 Å². The molecular weight excluding hydrogens is 340 g/mol. The smallest absolute Gasteiger partial charge is 0.183 e. The van der Waals surface area contributed by atoms with Gasteiger partial charge in [0, 0.05) is 43.3 Å². The largest absolute Gasteiger partial charge is 0.355 e. The second-order valence-electron chi connectivity index (χ2n) is 7.87. The molecule has 5 heterocycles. The zero-order valence-electron chi connectivity index (χ0n) is 15.5. The maximum absolute atomic E-state index is 6.24. The lowest BCUT2D eigenvalue weighted by atomic mass is 9.91. The Morgan fingerprint density at radius 2 is 2.04 bits per heavy atom. The lowest BCUT2D eigenvalue weighted by Crippen LogP contribution is -2.48. The summed E-state index contributed by atoms with van der Waals surface area (Å²) in [5.41, 5.74) is 10.1. The van der Waals surface area contributed by atoms with Crippen molar-refractivity contribution >= 4 is 28.5 Å². The van der Waals surface area contributed by atoms with Crippen molar-refractivity contribution < 1.29 is 0 Å². The molecule has 0 aromatic carbocycles. The van der Waals surface area contributed by atoms with E-state index >= 15 is 0 Å². The summed E-state index contributed by atoms with van der Waals surface area (Å²) in [6.07, 6.45) is 9.67. The van der Waals surface area contributed by atoms with Crippen molar-refractivity contribution in [3.63, 3.8) is 0 Å². The third-order valence-electron chi connectivity index (χ3n) is 5.72. The average Bonchev–Trinajstić information content (AvgIpc) is 3.10. The fourth-order valence-electron chi connectivity index (χ4n) is 4.01. The maximum atomic E-state index is 6.24. The van der Waals surface area contributed by atoms with Crippen molar-refractivity contribution in [2.24, 2.45) is 5.73 Å². The zero-order chi connectivity index (χ0) is 18.4. The van der Waals surface area contributed by atoms with Gasteiger partial charge in [0.15, 0.2) is 17.0 Å². The van der Waals surface area contributed by atoms with Crippen molar-refractivity contribution in [2.75, 3.05) is 29.4 Å². The van der Waals surface area contributed by atoms with E-state index in [1.54, 1.807) is 0 Å². The third kappa shape index (κ3) is 2.90. The standard InChI is InChI=1S/C19H24N8/c1-19(20)5-9-26(10-6-19)15-12-22-16-17(23-15)24-25-18(16)27-8-2-3-13-11-21-7-4-14(13)27/h4,7,11-12H,2-3,5-6,8-10,20H2,1H3,(H,23,24,25). The van der Waals surface area contributed by atoms with Crippen LogP contribution < -0.4 is 15.5 Å². The Labute approximate surface area is 157 Å². The molecule has 1 saturated heterocycles. The topological polar surface area (TPSA) is 99.9 Å². The maximum Gasteiger partial charge on any atom is 0.183 e. The highest BCUT2D eigenvalue weighted by Gasteiger charge is 2.28. The van der Waals surface area contributed by atoms with E-state index in [4.69, 9.17) is 15.7 Å². The molecule has 0 radical (unpaired) electrons. The van der Waals surface area contributed by atoms with Gasteiger partial charge in [-0.15, -0.1) is 0 Å². The number of nitrogens with two attached hydrogens (primary N) is 1. The van der Waals surface area contributed by atoms with Crippen LogP contribution >= 0.6 is 0 Å². The predicted molar refractivity (Wildman–Crippen MR) is 105 cm³/mol. The molecule has 2 aliphatic rings. The number of nitrogens with zero attached hydrogens (tertiary/aromatic N) is 6. The quantitative estimate of drug-likeness (QED) is 0.718. The molecular formula is C19H24N8. The molecule has 0 bridgehead atoms. The lowest BCUT2D eigenvalue weighted by Gasteiger charge is -2.37. The second kappa shape index (κ2) is 6.16. The van der Waals surface area contributed by atoms with E-state index in [1.807, 2.05) is 24.7 Å². The Kier molecular flexibility index (Phi) is 3.75. The van der Waals surface area contributed by atoms with Crippen LogP contribution in [0.5, 0.6) is 0 Å². The number of piperidine rings is 1. The summed E-state index contributed by atoms with van der Waals surface area (Å²) in [7, 11) is 0. The minimum absolute atomic E-state index is 0.0777. The van der Waals surface area contributed by atoms with E-state index in [0.717, 1.165) is 73.8 Å². The molecule has 0 aliphatic carbocycles. The Morgan fingerprint density at radius 3 is 2.89 bits per heavy atom. The molecule has 27 heavy (non-hydrogen) atoms. The molecule has 0 spiro atoms. The van der Waals surface area contributed by atoms with Crippen molar-refractivity contribution in [1.29, 1.82) is 0 Å². The number of aryl methyl sites for hydroxylation is 1. The lowest BCUT2D eigenvalue weighted by molar-refractivity contribution is 0.363. The monoisotopic (exact) mass is 364 g/mol. The van der Waals surface area contributed by atoms with Gasteiger partial charge in [-0.1, -0.05) is 0 Å². The number of pyridine rings is 1. The first-order valence-electron chi connectivity index (χ1n) is 9.56. The Balaban J connectivity index is 1.47. The van der Waals surface area contributed by atoms with Crippen LogP contribution in [0.3, 0.4) is 0 Å². The minimum atomic E-state index is -0.0777. The number of aromatic amines is 1. The number of fused-ring (bicyclic) bond motifs is 2. The van der Waals surface area contributed by atoms with Gasteiger partial charge in [-0.3, -0.25) is 10.1 Å². The molecule has 0 atom stereocenters. The van der Waals surface area contributed by atoms with Crippen LogP contribution in [-0.4, -0.2) is 50.3 Å². The summed E-state index contributed by atoms with van der Waals surface area (Å²) in [5.74, 6) is 1.72. The number of hydrogen-bond donors (Lipinski definition) is 2. The van der Waals surface area contributed by atoms with Gasteiger partial charge >= 0.3 is 0 Å². The molecule has 5 rings (SSSR count). The van der Waals surface area contributed by atoms with Crippen LogP contribution in [0.25, 0.3) is 11.2 Å². The summed E-state index contributed by atoms with van der Waals surface area (Å²) in [6.45, 7) is 4.84. The number of H-pyrrole nitrogens is 1. The van der Waals surface area contributed by atoms with E-state index < -0.39 is 0 Å². The molecule has 0 saturated carbocycles. The second-order valence-corrected chi connectivity index (χ2v) is 7.87. The molecule has 3 aromatic rings. The van der Waals surface area contributed by atoms with Gasteiger partial charge in [0.1, 0.15) is 5.82 Å². The van der Waals surface area contributed by atoms with Gasteiger partial charge in [0.25, 0.3) is 0 Å². The number of rotatable bonds is 2. The first-order valence-corrected chi connectivity index (χ1v) is 9.56. The normalized spacial score (nSPS) is 19.3. The van der Waals surface area contributed by atoms with Crippen molar-refractivity contribution in [1.82, 2.24) is 25.1 Å². The number of nitrogens with one attached hydrogen (secondary N) is 1. The summed E-state index contributed by atoms with van der Waals surface area (Å²) >= 11 is 0. The summed E-state index contributed by atoms with van der Waals surface area (Å²) < 4.78 is 0. The number of anilines is 3. The predicted octanol–water partition coefficient (Wildman–Crippen LogP) is 2.15. The molecule has 3 N–H and O–H groups in total. The van der Waals surface area contributed by atoms with E-state index in [0.29, 0.717) is 0 Å². The molecule has 8 nitrogen and oxygen atoms in total. The molecule has 8 heteroatoms. The van der Waals surface area contributed by atoms with Crippen molar-refractivity contribution in [2.45, 2.75) is 38.1 Å². The Morgan fingerprint density at radius 1 is 1.19 bits per heavy atom. The molecule has 140 valence electrons. The highest BCUT2D eigenvalue weighted by molar-refractivity contribution is 5.87. The highest BCUT2D eigenvalue weighted by Crippen LogP contribution is 2.35. The number of aromatic nitrogens is 5. The molecule has 3 aromatic heterocycles. The van der Waals surface area contributed by atoms with Gasteiger partial charge in [0.2, 0.25) is 0 Å². The van der Waals surface area contributed by atoms with Crippen molar-refractivity contribution in [3.8, 4) is 0 Å². The zero-order valence-corrected chi connectivity index (χ0v) is 15.5. The summed E-state index contributed by atoms with van der Waals surface area (Å²) in [5, 5.41) is 7.62. The van der Waals surface area contributed by atoms with Crippen LogP contribution in [-0.2, 0) is 6.42 Å². The van der Waals surface area contributed by atoms with Crippen LogP contribution in [0.15, 0.2) is 24.7 Å².